The number of hydrogen-bond acceptors (Lipinski definition) is 5. The fraction of sp³-hybridized carbons (Fsp3) is 0.517. The number of aliphatic hydroxyl groups excluding tert-OH is 1. The maximum Gasteiger partial charge on any atom is 0.410 e. The van der Waals surface area contributed by atoms with E-state index in [1.165, 1.54) is 0 Å². The van der Waals surface area contributed by atoms with Crippen molar-refractivity contribution in [3.63, 3.8) is 0 Å². The molecule has 212 valence electrons. The van der Waals surface area contributed by atoms with Crippen molar-refractivity contribution < 1.29 is 19.1 Å². The minimum absolute atomic E-state index is 0.0233. The number of likely N-dealkylation sites (tertiary alicyclic amines) is 1. The lowest BCUT2D eigenvalue weighted by molar-refractivity contribution is -0.0128. The Bertz CT molecular complexity index is 1280. The van der Waals surface area contributed by atoms with Gasteiger partial charge in [0.05, 0.1) is 41.7 Å². The second kappa shape index (κ2) is 12.3. The zero-order chi connectivity index (χ0) is 28.4. The lowest BCUT2D eigenvalue weighted by atomic mass is 9.94. The van der Waals surface area contributed by atoms with Gasteiger partial charge >= 0.3 is 6.09 Å². The first-order valence-corrected chi connectivity index (χ1v) is 17.6. The predicted octanol–water partition coefficient (Wildman–Crippen LogP) is 7.39. The van der Waals surface area contributed by atoms with E-state index in [-0.39, 0.29) is 29.9 Å². The molecule has 1 N–H and O–H groups in total. The number of amides is 1. The van der Waals surface area contributed by atoms with Crippen LogP contribution in [0.5, 0.6) is 0 Å². The van der Waals surface area contributed by atoms with Crippen LogP contribution in [-0.2, 0) is 22.3 Å². The molecule has 0 aliphatic carbocycles. The highest BCUT2D eigenvalue weighted by atomic mass is 79.9. The molecule has 1 fully saturated rings. The van der Waals surface area contributed by atoms with Crippen molar-refractivity contribution in [3.05, 3.63) is 63.9 Å². The molecule has 0 bridgehead atoms. The van der Waals surface area contributed by atoms with Gasteiger partial charge in [-0.1, -0.05) is 62.7 Å². The molecule has 1 unspecified atom stereocenters. The first-order valence-electron chi connectivity index (χ1n) is 13.5. The van der Waals surface area contributed by atoms with E-state index in [0.29, 0.717) is 30.0 Å². The Balaban J connectivity index is 1.54. The third-order valence-corrected chi connectivity index (χ3v) is 13.8. The number of aromatic nitrogens is 2. The van der Waals surface area contributed by atoms with Crippen LogP contribution in [0, 0.1) is 0 Å². The zero-order valence-electron chi connectivity index (χ0n) is 23.4. The van der Waals surface area contributed by atoms with E-state index in [1.54, 1.807) is 11.2 Å². The van der Waals surface area contributed by atoms with Crippen LogP contribution in [0.1, 0.15) is 45.6 Å². The summed E-state index contributed by atoms with van der Waals surface area (Å²) in [5.41, 5.74) is 2.46. The third-order valence-electron chi connectivity index (χ3n) is 8.01. The van der Waals surface area contributed by atoms with Crippen LogP contribution in [0.25, 0.3) is 11.0 Å². The number of benzene rings is 2. The highest BCUT2D eigenvalue weighted by molar-refractivity contribution is 9.10. The topological polar surface area (TPSA) is 76.8 Å². The minimum atomic E-state index is -2.13. The first kappa shape index (κ1) is 30.1. The normalized spacial score (nSPS) is 19.3. The lowest BCUT2D eigenvalue weighted by Crippen LogP contribution is -2.57. The number of halogens is 2. The van der Waals surface area contributed by atoms with Crippen molar-refractivity contribution in [1.29, 1.82) is 0 Å². The molecule has 3 atom stereocenters. The van der Waals surface area contributed by atoms with E-state index in [9.17, 15) is 9.90 Å². The Morgan fingerprint density at radius 3 is 2.64 bits per heavy atom. The van der Waals surface area contributed by atoms with Crippen molar-refractivity contribution in [3.8, 4) is 0 Å². The molecular formula is C29H39BrClN3O4Si. The maximum absolute atomic E-state index is 13.4. The Hall–Kier alpha value is -1.91. The molecule has 39 heavy (non-hydrogen) atoms. The molecule has 1 aliphatic rings. The van der Waals surface area contributed by atoms with Gasteiger partial charge < -0.3 is 23.7 Å². The van der Waals surface area contributed by atoms with Crippen molar-refractivity contribution in [2.24, 2.45) is 0 Å². The summed E-state index contributed by atoms with van der Waals surface area (Å²) in [6.45, 7) is 12.2. The molecule has 10 heteroatoms. The molecule has 1 amide bonds. The molecule has 4 rings (SSSR count). The smallest absolute Gasteiger partial charge is 0.410 e. The Labute approximate surface area is 245 Å². The monoisotopic (exact) mass is 635 g/mol. The van der Waals surface area contributed by atoms with Crippen LogP contribution < -0.4 is 0 Å². The second-order valence-electron chi connectivity index (χ2n) is 11.9. The summed E-state index contributed by atoms with van der Waals surface area (Å²) in [4.78, 5) is 19.6. The van der Waals surface area contributed by atoms with Gasteiger partial charge in [0.2, 0.25) is 0 Å². The Kier molecular flexibility index (Phi) is 9.48. The van der Waals surface area contributed by atoms with Gasteiger partial charge in [0.15, 0.2) is 8.32 Å². The summed E-state index contributed by atoms with van der Waals surface area (Å²) in [6.07, 6.45) is 2.44. The van der Waals surface area contributed by atoms with Crippen molar-refractivity contribution >= 4 is 53.0 Å². The molecule has 0 spiro atoms. The van der Waals surface area contributed by atoms with E-state index < -0.39 is 14.4 Å². The standard InChI is InChI=1S/C29H39BrClN3O4Si/c1-29(2,3)39(4,5)38-25-12-9-15-34(28(36)37-18-20-10-7-6-8-11-20)24(25)16-21(35)17-33-19-32-27-23(33)14-13-22(30)26(27)31/h6-8,10-11,13-14,19,21,24-25,35H,9,12,15-18H2,1-5H3/t21?,24-,25+/m1/s1. The fourth-order valence-electron chi connectivity index (χ4n) is 4.82. The van der Waals surface area contributed by atoms with Crippen molar-refractivity contribution in [2.75, 3.05) is 6.54 Å². The molecule has 1 aliphatic heterocycles. The number of carbonyl (C=O) groups excluding carboxylic acids is 1. The van der Waals surface area contributed by atoms with Gasteiger partial charge in [-0.05, 0) is 71.0 Å². The highest BCUT2D eigenvalue weighted by Gasteiger charge is 2.44. The van der Waals surface area contributed by atoms with Gasteiger partial charge in [-0.15, -0.1) is 0 Å². The number of imidazole rings is 1. The Morgan fingerprint density at radius 1 is 1.23 bits per heavy atom. The van der Waals surface area contributed by atoms with Crippen LogP contribution in [0.4, 0.5) is 4.79 Å². The SMILES string of the molecule is CC(C)(C)[Si](C)(C)O[C@H]1CCCN(C(=O)OCc2ccccc2)[C@@H]1CC(O)Cn1cnc2c(Cl)c(Br)ccc21. The van der Waals surface area contributed by atoms with E-state index in [0.717, 1.165) is 28.4 Å². The minimum Gasteiger partial charge on any atom is -0.445 e. The number of carbonyl (C=O) groups is 1. The number of fused-ring (bicyclic) bond motifs is 1. The van der Waals surface area contributed by atoms with Crippen LogP contribution in [0.15, 0.2) is 53.3 Å². The average molecular weight is 637 g/mol. The summed E-state index contributed by atoms with van der Waals surface area (Å²) < 4.78 is 15.3. The third kappa shape index (κ3) is 7.06. The van der Waals surface area contributed by atoms with E-state index in [4.69, 9.17) is 20.8 Å². The molecule has 3 aromatic rings. The number of piperidine rings is 1. The first-order chi connectivity index (χ1) is 18.4. The van der Waals surface area contributed by atoms with Gasteiger partial charge in [0.1, 0.15) is 12.1 Å². The van der Waals surface area contributed by atoms with E-state index >= 15 is 0 Å². The summed E-state index contributed by atoms with van der Waals surface area (Å²) in [5, 5.41) is 11.9. The van der Waals surface area contributed by atoms with Gasteiger partial charge in [0.25, 0.3) is 0 Å². The summed E-state index contributed by atoms with van der Waals surface area (Å²) in [6, 6.07) is 13.2. The summed E-state index contributed by atoms with van der Waals surface area (Å²) in [5.74, 6) is 0. The number of hydrogen-bond donors (Lipinski definition) is 1. The van der Waals surface area contributed by atoms with Crippen LogP contribution >= 0.6 is 27.5 Å². The molecule has 2 aromatic carbocycles. The molecule has 1 saturated heterocycles. The zero-order valence-corrected chi connectivity index (χ0v) is 26.7. The van der Waals surface area contributed by atoms with Crippen LogP contribution in [0.2, 0.25) is 23.2 Å². The molecule has 2 heterocycles. The number of rotatable bonds is 8. The quantitative estimate of drug-likeness (QED) is 0.261. The van der Waals surface area contributed by atoms with Crippen LogP contribution in [-0.4, -0.2) is 58.8 Å². The van der Waals surface area contributed by atoms with E-state index in [2.05, 4.69) is 54.8 Å². The number of aliphatic hydroxyl groups is 1. The average Bonchev–Trinajstić information content (AvgIpc) is 3.28. The largest absolute Gasteiger partial charge is 0.445 e. The molecule has 1 aromatic heterocycles. The summed E-state index contributed by atoms with van der Waals surface area (Å²) >= 11 is 9.86. The molecular weight excluding hydrogens is 598 g/mol. The van der Waals surface area contributed by atoms with Crippen LogP contribution in [0.3, 0.4) is 0 Å². The number of ether oxygens (including phenoxy) is 1. The second-order valence-corrected chi connectivity index (χ2v) is 17.9. The van der Waals surface area contributed by atoms with Gasteiger partial charge in [-0.25, -0.2) is 9.78 Å². The number of nitrogens with zero attached hydrogens (tertiary/aromatic N) is 3. The highest BCUT2D eigenvalue weighted by Crippen LogP contribution is 2.40. The fourth-order valence-corrected chi connectivity index (χ4v) is 6.74. The molecule has 7 nitrogen and oxygen atoms in total. The molecule has 0 radical (unpaired) electrons. The predicted molar refractivity (Wildman–Crippen MR) is 161 cm³/mol. The Morgan fingerprint density at radius 2 is 1.95 bits per heavy atom. The lowest BCUT2D eigenvalue weighted by Gasteiger charge is -2.46. The van der Waals surface area contributed by atoms with Crippen molar-refractivity contribution in [1.82, 2.24) is 14.5 Å². The van der Waals surface area contributed by atoms with Gasteiger partial charge in [-0.3, -0.25) is 0 Å². The maximum atomic E-state index is 13.4. The molecule has 0 saturated carbocycles. The van der Waals surface area contributed by atoms with Gasteiger partial charge in [0, 0.05) is 11.0 Å². The van der Waals surface area contributed by atoms with Crippen molar-refractivity contribution in [2.45, 2.75) is 89.6 Å². The van der Waals surface area contributed by atoms with E-state index in [1.807, 2.05) is 47.0 Å². The summed E-state index contributed by atoms with van der Waals surface area (Å²) in [7, 11) is -2.13. The van der Waals surface area contributed by atoms with Gasteiger partial charge in [-0.2, -0.15) is 0 Å².